The summed E-state index contributed by atoms with van der Waals surface area (Å²) in [4.78, 5) is 27.6. The molecule has 0 unspecified atom stereocenters. The highest BCUT2D eigenvalue weighted by Crippen LogP contribution is 2.26. The van der Waals surface area contributed by atoms with Gasteiger partial charge < -0.3 is 10.4 Å². The Morgan fingerprint density at radius 3 is 2.44 bits per heavy atom. The van der Waals surface area contributed by atoms with Crippen LogP contribution in [0.4, 0.5) is 0 Å². The van der Waals surface area contributed by atoms with Gasteiger partial charge in [-0.2, -0.15) is 0 Å². The van der Waals surface area contributed by atoms with Crippen LogP contribution in [0.2, 0.25) is 0 Å². The van der Waals surface area contributed by atoms with E-state index in [0.717, 1.165) is 5.01 Å². The minimum atomic E-state index is -0.880. The number of aliphatic carboxylic acids is 1. The second-order valence-electron chi connectivity index (χ2n) is 4.22. The van der Waals surface area contributed by atoms with Gasteiger partial charge in [-0.1, -0.05) is 13.8 Å². The average molecular weight is 270 g/mol. The molecular weight excluding hydrogens is 252 g/mol. The molecule has 0 fully saturated rings. The molecule has 1 aromatic heterocycles. The Kier molecular flexibility index (Phi) is 4.84. The molecule has 1 heterocycles. The van der Waals surface area contributed by atoms with E-state index in [0.29, 0.717) is 17.7 Å². The molecule has 100 valence electrons. The van der Waals surface area contributed by atoms with E-state index in [4.69, 9.17) is 0 Å². The molecule has 2 N–H and O–H groups in total. The standard InChI is InChI=1S/C12H18N2O3S/c1-4-12(5-2,11(16)17)7-14-10(15)9-6-13-8(3)18-9/h6H,4-5,7H2,1-3H3,(H,14,15)(H,16,17). The fourth-order valence-corrected chi connectivity index (χ4v) is 2.37. The van der Waals surface area contributed by atoms with Crippen molar-refractivity contribution < 1.29 is 14.7 Å². The third-order valence-corrected chi connectivity index (χ3v) is 4.15. The van der Waals surface area contributed by atoms with Crippen molar-refractivity contribution in [1.82, 2.24) is 10.3 Å². The van der Waals surface area contributed by atoms with Crippen molar-refractivity contribution in [3.05, 3.63) is 16.1 Å². The molecule has 0 saturated carbocycles. The Balaban J connectivity index is 2.69. The normalized spacial score (nSPS) is 11.3. The molecule has 0 radical (unpaired) electrons. The Bertz CT molecular complexity index is 438. The first-order chi connectivity index (χ1) is 8.45. The lowest BCUT2D eigenvalue weighted by Gasteiger charge is -2.26. The Hall–Kier alpha value is -1.43. The summed E-state index contributed by atoms with van der Waals surface area (Å²) < 4.78 is 0. The van der Waals surface area contributed by atoms with Crippen molar-refractivity contribution in [2.45, 2.75) is 33.6 Å². The molecule has 5 nitrogen and oxygen atoms in total. The lowest BCUT2D eigenvalue weighted by atomic mass is 9.82. The van der Waals surface area contributed by atoms with Crippen molar-refractivity contribution in [1.29, 1.82) is 0 Å². The highest BCUT2D eigenvalue weighted by atomic mass is 32.1. The molecule has 6 heteroatoms. The van der Waals surface area contributed by atoms with Gasteiger partial charge in [0.25, 0.3) is 5.91 Å². The van der Waals surface area contributed by atoms with Crippen LogP contribution in [-0.4, -0.2) is 28.5 Å². The molecule has 0 atom stereocenters. The van der Waals surface area contributed by atoms with E-state index in [1.54, 1.807) is 0 Å². The molecule has 1 amide bonds. The number of hydrogen-bond donors (Lipinski definition) is 2. The van der Waals surface area contributed by atoms with E-state index in [2.05, 4.69) is 10.3 Å². The van der Waals surface area contributed by atoms with E-state index >= 15 is 0 Å². The van der Waals surface area contributed by atoms with Gasteiger partial charge in [-0.25, -0.2) is 4.98 Å². The van der Waals surface area contributed by atoms with Gasteiger partial charge in [0.1, 0.15) is 4.88 Å². The fraction of sp³-hybridized carbons (Fsp3) is 0.583. The molecule has 0 aliphatic heterocycles. The highest BCUT2D eigenvalue weighted by Gasteiger charge is 2.35. The molecule has 0 aromatic carbocycles. The third kappa shape index (κ3) is 3.07. The van der Waals surface area contributed by atoms with Crippen LogP contribution >= 0.6 is 11.3 Å². The smallest absolute Gasteiger partial charge is 0.311 e. The van der Waals surface area contributed by atoms with Gasteiger partial charge in [-0.3, -0.25) is 9.59 Å². The predicted octanol–water partition coefficient (Wildman–Crippen LogP) is 2.07. The zero-order valence-electron chi connectivity index (χ0n) is 10.8. The minimum absolute atomic E-state index is 0.144. The fourth-order valence-electron chi connectivity index (χ4n) is 1.68. The molecule has 0 aliphatic carbocycles. The molecular formula is C12H18N2O3S. The van der Waals surface area contributed by atoms with Crippen LogP contribution in [0.5, 0.6) is 0 Å². The quantitative estimate of drug-likeness (QED) is 0.829. The van der Waals surface area contributed by atoms with Crippen molar-refractivity contribution in [3.63, 3.8) is 0 Å². The monoisotopic (exact) mass is 270 g/mol. The number of carbonyl (C=O) groups excluding carboxylic acids is 1. The number of nitrogens with one attached hydrogen (secondary N) is 1. The number of thiazole rings is 1. The van der Waals surface area contributed by atoms with Crippen molar-refractivity contribution in [2.24, 2.45) is 5.41 Å². The van der Waals surface area contributed by atoms with Crippen LogP contribution in [0.1, 0.15) is 41.4 Å². The van der Waals surface area contributed by atoms with Crippen molar-refractivity contribution in [3.8, 4) is 0 Å². The molecule has 1 rings (SSSR count). The van der Waals surface area contributed by atoms with E-state index in [9.17, 15) is 14.7 Å². The van der Waals surface area contributed by atoms with Gasteiger partial charge in [0, 0.05) is 6.54 Å². The Labute approximate surface area is 110 Å². The number of carboxylic acids is 1. The lowest BCUT2D eigenvalue weighted by molar-refractivity contribution is -0.149. The summed E-state index contributed by atoms with van der Waals surface area (Å²) in [5.41, 5.74) is -0.880. The summed E-state index contributed by atoms with van der Waals surface area (Å²) in [7, 11) is 0. The van der Waals surface area contributed by atoms with Gasteiger partial charge in [0.05, 0.1) is 16.6 Å². The predicted molar refractivity (Wildman–Crippen MR) is 69.8 cm³/mol. The second-order valence-corrected chi connectivity index (χ2v) is 5.45. The maximum atomic E-state index is 11.8. The summed E-state index contributed by atoms with van der Waals surface area (Å²) in [5.74, 6) is -1.12. The van der Waals surface area contributed by atoms with E-state index in [1.807, 2.05) is 20.8 Å². The van der Waals surface area contributed by atoms with Gasteiger partial charge in [-0.15, -0.1) is 11.3 Å². The minimum Gasteiger partial charge on any atom is -0.481 e. The Morgan fingerprint density at radius 1 is 1.44 bits per heavy atom. The highest BCUT2D eigenvalue weighted by molar-refractivity contribution is 7.13. The number of nitrogens with zero attached hydrogens (tertiary/aromatic N) is 1. The number of rotatable bonds is 6. The number of aryl methyl sites for hydroxylation is 1. The first kappa shape index (κ1) is 14.6. The summed E-state index contributed by atoms with van der Waals surface area (Å²) in [6.45, 7) is 5.60. The third-order valence-electron chi connectivity index (χ3n) is 3.24. The lowest BCUT2D eigenvalue weighted by Crippen LogP contribution is -2.42. The van der Waals surface area contributed by atoms with Crippen LogP contribution in [0.3, 0.4) is 0 Å². The van der Waals surface area contributed by atoms with E-state index < -0.39 is 11.4 Å². The Morgan fingerprint density at radius 2 is 2.06 bits per heavy atom. The summed E-state index contributed by atoms with van der Waals surface area (Å²) >= 11 is 1.30. The van der Waals surface area contributed by atoms with Crippen LogP contribution in [0.15, 0.2) is 6.20 Å². The molecule has 18 heavy (non-hydrogen) atoms. The van der Waals surface area contributed by atoms with Crippen molar-refractivity contribution >= 4 is 23.2 Å². The van der Waals surface area contributed by atoms with Crippen LogP contribution in [0, 0.1) is 12.3 Å². The van der Waals surface area contributed by atoms with Crippen LogP contribution in [0.25, 0.3) is 0 Å². The van der Waals surface area contributed by atoms with Crippen molar-refractivity contribution in [2.75, 3.05) is 6.54 Å². The first-order valence-electron chi connectivity index (χ1n) is 5.89. The maximum absolute atomic E-state index is 11.8. The number of hydrogen-bond acceptors (Lipinski definition) is 4. The SMILES string of the molecule is CCC(CC)(CNC(=O)c1cnc(C)s1)C(=O)O. The average Bonchev–Trinajstić information content (AvgIpc) is 2.77. The molecule has 0 bridgehead atoms. The molecule has 1 aromatic rings. The van der Waals surface area contributed by atoms with E-state index in [1.165, 1.54) is 17.5 Å². The molecule has 0 aliphatic rings. The van der Waals surface area contributed by atoms with E-state index in [-0.39, 0.29) is 12.5 Å². The summed E-state index contributed by atoms with van der Waals surface area (Å²) in [6.07, 6.45) is 2.48. The zero-order chi connectivity index (χ0) is 13.8. The van der Waals surface area contributed by atoms with Gasteiger partial charge in [0.2, 0.25) is 0 Å². The molecule has 0 spiro atoms. The zero-order valence-corrected chi connectivity index (χ0v) is 11.6. The maximum Gasteiger partial charge on any atom is 0.311 e. The van der Waals surface area contributed by atoms with Gasteiger partial charge in [-0.05, 0) is 19.8 Å². The second kappa shape index (κ2) is 5.95. The number of carbonyl (C=O) groups is 2. The summed E-state index contributed by atoms with van der Waals surface area (Å²) in [6, 6.07) is 0. The molecule has 0 saturated heterocycles. The van der Waals surface area contributed by atoms with Gasteiger partial charge >= 0.3 is 5.97 Å². The number of amides is 1. The first-order valence-corrected chi connectivity index (χ1v) is 6.71. The summed E-state index contributed by atoms with van der Waals surface area (Å²) in [5, 5.41) is 12.8. The van der Waals surface area contributed by atoms with Gasteiger partial charge in [0.15, 0.2) is 0 Å². The largest absolute Gasteiger partial charge is 0.481 e. The number of aromatic nitrogens is 1. The number of carboxylic acid groups (broad SMARTS) is 1. The van der Waals surface area contributed by atoms with Crippen LogP contribution in [-0.2, 0) is 4.79 Å². The van der Waals surface area contributed by atoms with Crippen LogP contribution < -0.4 is 5.32 Å². The topological polar surface area (TPSA) is 79.3 Å².